The molecule has 0 saturated carbocycles. The van der Waals surface area contributed by atoms with E-state index in [1.165, 1.54) is 18.3 Å². The number of H-pyrrole nitrogens is 1. The summed E-state index contributed by atoms with van der Waals surface area (Å²) < 4.78 is 101. The highest BCUT2D eigenvalue weighted by atomic mass is 19.4. The SMILES string of the molecule is O=C(N[C@@H](c1ccc(OC(F)(F)F)c(F)c1)c1ncccc1F)c1ccc(=O)[nH]c1.O=C(O)C(F)(F)F. The Labute approximate surface area is 200 Å². The van der Waals surface area contributed by atoms with Crippen molar-refractivity contribution in [3.63, 3.8) is 0 Å². The molecule has 37 heavy (non-hydrogen) atoms. The standard InChI is InChI=1S/C19H12F5N3O3.C2HF3O2/c20-12-2-1-7-25-17(12)16(27-18(29)11-4-6-15(28)26-9-11)10-3-5-14(13(21)8-10)30-19(22,23)24;3-2(4,5)1(6)7/h1-9,16H,(H,26,28)(H,27,29);(H,6,7)/t16-;/m0./s1. The minimum absolute atomic E-state index is 0.00781. The molecule has 3 N–H and O–H groups in total. The molecule has 3 aromatic rings. The van der Waals surface area contributed by atoms with E-state index >= 15 is 0 Å². The molecule has 198 valence electrons. The second-order valence-corrected chi connectivity index (χ2v) is 6.76. The fourth-order valence-electron chi connectivity index (χ4n) is 2.59. The molecule has 1 aromatic carbocycles. The number of hydrogen-bond acceptors (Lipinski definition) is 5. The van der Waals surface area contributed by atoms with Gasteiger partial charge in [-0.1, -0.05) is 6.07 Å². The third-order valence-corrected chi connectivity index (χ3v) is 4.14. The van der Waals surface area contributed by atoms with Crippen LogP contribution in [0.1, 0.15) is 27.7 Å². The zero-order valence-corrected chi connectivity index (χ0v) is 17.8. The van der Waals surface area contributed by atoms with Crippen LogP contribution in [0.4, 0.5) is 35.1 Å². The van der Waals surface area contributed by atoms with E-state index in [1.54, 1.807) is 0 Å². The molecule has 16 heteroatoms. The van der Waals surface area contributed by atoms with Gasteiger partial charge in [0.2, 0.25) is 5.56 Å². The largest absolute Gasteiger partial charge is 0.573 e. The van der Waals surface area contributed by atoms with Crippen molar-refractivity contribution in [2.75, 3.05) is 0 Å². The predicted molar refractivity (Wildman–Crippen MR) is 107 cm³/mol. The van der Waals surface area contributed by atoms with E-state index in [2.05, 4.69) is 20.0 Å². The molecule has 0 aliphatic heterocycles. The third-order valence-electron chi connectivity index (χ3n) is 4.14. The van der Waals surface area contributed by atoms with Gasteiger partial charge < -0.3 is 20.1 Å². The number of carboxylic acids is 1. The summed E-state index contributed by atoms with van der Waals surface area (Å²) in [5.74, 6) is -6.81. The molecule has 1 amide bonds. The lowest BCUT2D eigenvalue weighted by Gasteiger charge is -2.20. The molecule has 2 heterocycles. The lowest BCUT2D eigenvalue weighted by atomic mass is 10.0. The minimum atomic E-state index is -5.10. The zero-order chi connectivity index (χ0) is 28.0. The van der Waals surface area contributed by atoms with Gasteiger partial charge in [0.05, 0.1) is 11.6 Å². The number of hydrogen-bond donors (Lipinski definition) is 3. The molecule has 8 nitrogen and oxygen atoms in total. The first-order valence-electron chi connectivity index (χ1n) is 9.54. The Morgan fingerprint density at radius 1 is 1.00 bits per heavy atom. The van der Waals surface area contributed by atoms with Crippen LogP contribution < -0.4 is 15.6 Å². The Morgan fingerprint density at radius 3 is 2.14 bits per heavy atom. The van der Waals surface area contributed by atoms with Gasteiger partial charge in [0.15, 0.2) is 11.6 Å². The molecular formula is C21H13F8N3O5. The summed E-state index contributed by atoms with van der Waals surface area (Å²) in [6.45, 7) is 0. The number of aromatic nitrogens is 2. The average molecular weight is 539 g/mol. The normalized spacial score (nSPS) is 12.1. The molecule has 0 aliphatic rings. The van der Waals surface area contributed by atoms with Crippen LogP contribution in [0.5, 0.6) is 5.75 Å². The fourth-order valence-corrected chi connectivity index (χ4v) is 2.59. The number of pyridine rings is 2. The van der Waals surface area contributed by atoms with Gasteiger partial charge in [-0.2, -0.15) is 13.2 Å². The molecule has 1 atom stereocenters. The Morgan fingerprint density at radius 2 is 1.65 bits per heavy atom. The summed E-state index contributed by atoms with van der Waals surface area (Å²) in [5.41, 5.74) is -0.828. The maximum atomic E-state index is 14.3. The summed E-state index contributed by atoms with van der Waals surface area (Å²) in [6.07, 6.45) is -7.84. The van der Waals surface area contributed by atoms with Gasteiger partial charge in [-0.05, 0) is 35.9 Å². The van der Waals surface area contributed by atoms with Crippen LogP contribution in [0.25, 0.3) is 0 Å². The Hall–Kier alpha value is -4.50. The number of rotatable bonds is 5. The van der Waals surface area contributed by atoms with Gasteiger partial charge in [0, 0.05) is 18.5 Å². The van der Waals surface area contributed by atoms with Crippen molar-refractivity contribution in [3.8, 4) is 5.75 Å². The van der Waals surface area contributed by atoms with Crippen LogP contribution in [-0.2, 0) is 4.79 Å². The van der Waals surface area contributed by atoms with E-state index in [4.69, 9.17) is 9.90 Å². The van der Waals surface area contributed by atoms with Gasteiger partial charge in [0.25, 0.3) is 5.91 Å². The van der Waals surface area contributed by atoms with Crippen molar-refractivity contribution in [2.24, 2.45) is 0 Å². The number of carbonyl (C=O) groups excluding carboxylic acids is 1. The van der Waals surface area contributed by atoms with Gasteiger partial charge in [-0.15, -0.1) is 13.2 Å². The number of carboxylic acid groups (broad SMARTS) is 1. The smallest absolute Gasteiger partial charge is 0.475 e. The van der Waals surface area contributed by atoms with Gasteiger partial charge in [-0.3, -0.25) is 14.6 Å². The minimum Gasteiger partial charge on any atom is -0.475 e. The number of ether oxygens (including phenoxy) is 1. The molecule has 0 spiro atoms. The second kappa shape index (κ2) is 11.5. The van der Waals surface area contributed by atoms with E-state index in [9.17, 15) is 44.7 Å². The summed E-state index contributed by atoms with van der Waals surface area (Å²) in [6, 6.07) is 5.72. The van der Waals surface area contributed by atoms with Gasteiger partial charge >= 0.3 is 18.5 Å². The monoisotopic (exact) mass is 539 g/mol. The Balaban J connectivity index is 0.000000604. The average Bonchev–Trinajstić information content (AvgIpc) is 2.79. The van der Waals surface area contributed by atoms with Crippen molar-refractivity contribution >= 4 is 11.9 Å². The van der Waals surface area contributed by atoms with Gasteiger partial charge in [0.1, 0.15) is 11.5 Å². The number of alkyl halides is 6. The molecule has 0 bridgehead atoms. The van der Waals surface area contributed by atoms with Crippen LogP contribution in [0.2, 0.25) is 0 Å². The van der Waals surface area contributed by atoms with Crippen molar-refractivity contribution < 1.29 is 54.6 Å². The van der Waals surface area contributed by atoms with Crippen LogP contribution >= 0.6 is 0 Å². The number of aliphatic carboxylic acids is 1. The number of nitrogens with one attached hydrogen (secondary N) is 2. The summed E-state index contributed by atoms with van der Waals surface area (Å²) in [4.78, 5) is 38.7. The van der Waals surface area contributed by atoms with Crippen molar-refractivity contribution in [1.82, 2.24) is 15.3 Å². The first-order chi connectivity index (χ1) is 17.1. The van der Waals surface area contributed by atoms with Crippen molar-refractivity contribution in [1.29, 1.82) is 0 Å². The van der Waals surface area contributed by atoms with Crippen molar-refractivity contribution in [2.45, 2.75) is 18.6 Å². The summed E-state index contributed by atoms with van der Waals surface area (Å²) in [7, 11) is 0. The zero-order valence-electron chi connectivity index (χ0n) is 17.8. The molecular weight excluding hydrogens is 526 g/mol. The van der Waals surface area contributed by atoms with E-state index in [1.807, 2.05) is 0 Å². The van der Waals surface area contributed by atoms with E-state index in [0.29, 0.717) is 12.1 Å². The van der Waals surface area contributed by atoms with E-state index in [0.717, 1.165) is 24.4 Å². The Bertz CT molecular complexity index is 1300. The number of nitrogens with zero attached hydrogens (tertiary/aromatic N) is 1. The first kappa shape index (κ1) is 28.7. The van der Waals surface area contributed by atoms with Crippen LogP contribution in [0, 0.1) is 11.6 Å². The summed E-state index contributed by atoms with van der Waals surface area (Å²) in [5, 5.41) is 9.55. The molecule has 0 unspecified atom stereocenters. The van der Waals surface area contributed by atoms with E-state index in [-0.39, 0.29) is 16.8 Å². The number of carbonyl (C=O) groups is 2. The molecule has 0 aliphatic carbocycles. The molecule has 0 saturated heterocycles. The number of benzene rings is 1. The van der Waals surface area contributed by atoms with Crippen LogP contribution in [0.3, 0.4) is 0 Å². The summed E-state index contributed by atoms with van der Waals surface area (Å²) >= 11 is 0. The van der Waals surface area contributed by atoms with Gasteiger partial charge in [-0.25, -0.2) is 13.6 Å². The fraction of sp³-hybridized carbons (Fsp3) is 0.143. The molecule has 0 fully saturated rings. The quantitative estimate of drug-likeness (QED) is 0.420. The molecule has 0 radical (unpaired) electrons. The molecule has 3 rings (SSSR count). The highest BCUT2D eigenvalue weighted by molar-refractivity contribution is 5.94. The highest BCUT2D eigenvalue weighted by Gasteiger charge is 2.38. The lowest BCUT2D eigenvalue weighted by molar-refractivity contribution is -0.275. The first-order valence-corrected chi connectivity index (χ1v) is 9.54. The van der Waals surface area contributed by atoms with Crippen LogP contribution in [-0.4, -0.2) is 39.5 Å². The number of amides is 1. The van der Waals surface area contributed by atoms with Crippen molar-refractivity contribution in [3.05, 3.63) is 93.7 Å². The highest BCUT2D eigenvalue weighted by Crippen LogP contribution is 2.30. The molecule has 2 aromatic heterocycles. The Kier molecular flexibility index (Phi) is 8.92. The topological polar surface area (TPSA) is 121 Å². The maximum Gasteiger partial charge on any atom is 0.573 e. The third kappa shape index (κ3) is 8.59. The predicted octanol–water partition coefficient (Wildman–Crippen LogP) is 4.10. The maximum absolute atomic E-state index is 14.3. The van der Waals surface area contributed by atoms with E-state index < -0.39 is 53.4 Å². The van der Waals surface area contributed by atoms with Crippen LogP contribution in [0.15, 0.2) is 59.7 Å². The number of aromatic amines is 1. The second-order valence-electron chi connectivity index (χ2n) is 6.76. The number of halogens is 8. The lowest BCUT2D eigenvalue weighted by Crippen LogP contribution is -2.31.